The maximum Gasteiger partial charge on any atom is 0.329 e. The summed E-state index contributed by atoms with van der Waals surface area (Å²) in [6.45, 7) is 0.635. The van der Waals surface area contributed by atoms with E-state index in [-0.39, 0.29) is 12.5 Å². The van der Waals surface area contributed by atoms with Crippen LogP contribution in [0.2, 0.25) is 0 Å². The first-order chi connectivity index (χ1) is 9.09. The van der Waals surface area contributed by atoms with Gasteiger partial charge in [0.1, 0.15) is 13.2 Å². The van der Waals surface area contributed by atoms with Crippen LogP contribution in [0.15, 0.2) is 24.3 Å². The van der Waals surface area contributed by atoms with E-state index < -0.39 is 12.6 Å². The summed E-state index contributed by atoms with van der Waals surface area (Å²) in [6, 6.07) is 7.62. The SMILES string of the molecule is CN1CCN(C(=O)COCC(=O)O)c2ccccc21. The molecule has 0 aromatic heterocycles. The number of benzene rings is 1. The zero-order chi connectivity index (χ0) is 13.8. The average molecular weight is 264 g/mol. The number of nitrogens with zero attached hydrogens (tertiary/aromatic N) is 2. The van der Waals surface area contributed by atoms with Gasteiger partial charge in [-0.2, -0.15) is 0 Å². The standard InChI is InChI=1S/C13H16N2O4/c1-14-6-7-15(11-5-3-2-4-10(11)14)12(16)8-19-9-13(17)18/h2-5H,6-9H2,1H3,(H,17,18). The quantitative estimate of drug-likeness (QED) is 0.861. The van der Waals surface area contributed by atoms with E-state index in [0.717, 1.165) is 17.9 Å². The summed E-state index contributed by atoms with van der Waals surface area (Å²) in [5.41, 5.74) is 1.82. The Morgan fingerprint density at radius 2 is 1.89 bits per heavy atom. The number of ether oxygens (including phenoxy) is 1. The minimum atomic E-state index is -1.08. The Bertz CT molecular complexity index is 489. The van der Waals surface area contributed by atoms with Crippen LogP contribution >= 0.6 is 0 Å². The molecule has 19 heavy (non-hydrogen) atoms. The highest BCUT2D eigenvalue weighted by molar-refractivity contribution is 5.98. The van der Waals surface area contributed by atoms with Crippen molar-refractivity contribution in [3.8, 4) is 0 Å². The van der Waals surface area contributed by atoms with E-state index in [1.54, 1.807) is 4.90 Å². The van der Waals surface area contributed by atoms with E-state index in [4.69, 9.17) is 9.84 Å². The lowest BCUT2D eigenvalue weighted by molar-refractivity contribution is -0.143. The van der Waals surface area contributed by atoms with Crippen LogP contribution in [-0.4, -0.2) is 50.3 Å². The number of amides is 1. The molecule has 1 aromatic rings. The van der Waals surface area contributed by atoms with Crippen LogP contribution in [0.4, 0.5) is 11.4 Å². The number of para-hydroxylation sites is 2. The van der Waals surface area contributed by atoms with Crippen LogP contribution in [0.25, 0.3) is 0 Å². The molecule has 6 heteroatoms. The number of carboxylic acids is 1. The molecular formula is C13H16N2O4. The van der Waals surface area contributed by atoms with Gasteiger partial charge in [-0.05, 0) is 12.1 Å². The van der Waals surface area contributed by atoms with Crippen molar-refractivity contribution in [3.05, 3.63) is 24.3 Å². The van der Waals surface area contributed by atoms with Crippen molar-refractivity contribution in [2.24, 2.45) is 0 Å². The van der Waals surface area contributed by atoms with Gasteiger partial charge < -0.3 is 19.6 Å². The smallest absolute Gasteiger partial charge is 0.329 e. The Balaban J connectivity index is 2.07. The van der Waals surface area contributed by atoms with Crippen LogP contribution in [-0.2, 0) is 14.3 Å². The number of aliphatic carboxylic acids is 1. The van der Waals surface area contributed by atoms with E-state index in [2.05, 4.69) is 4.90 Å². The molecule has 1 N–H and O–H groups in total. The molecule has 1 heterocycles. The van der Waals surface area contributed by atoms with Gasteiger partial charge >= 0.3 is 5.97 Å². The Morgan fingerprint density at radius 1 is 1.21 bits per heavy atom. The molecule has 0 bridgehead atoms. The molecule has 0 atom stereocenters. The largest absolute Gasteiger partial charge is 0.480 e. The second kappa shape index (κ2) is 5.71. The predicted octanol–water partition coefficient (Wildman–Crippen LogP) is 0.571. The van der Waals surface area contributed by atoms with Crippen molar-refractivity contribution < 1.29 is 19.4 Å². The Kier molecular flexibility index (Phi) is 4.01. The summed E-state index contributed by atoms with van der Waals surface area (Å²) in [7, 11) is 1.97. The summed E-state index contributed by atoms with van der Waals surface area (Å²) in [5, 5.41) is 8.47. The monoisotopic (exact) mass is 264 g/mol. The fourth-order valence-electron chi connectivity index (χ4n) is 2.07. The van der Waals surface area contributed by atoms with Gasteiger partial charge in [-0.1, -0.05) is 12.1 Å². The summed E-state index contributed by atoms with van der Waals surface area (Å²) >= 11 is 0. The van der Waals surface area contributed by atoms with Crippen molar-refractivity contribution in [1.29, 1.82) is 0 Å². The van der Waals surface area contributed by atoms with Crippen LogP contribution < -0.4 is 9.80 Å². The Hall–Kier alpha value is -2.08. The first-order valence-corrected chi connectivity index (χ1v) is 5.99. The lowest BCUT2D eigenvalue weighted by Gasteiger charge is -2.35. The third kappa shape index (κ3) is 3.03. The molecule has 1 aliphatic rings. The molecule has 1 aromatic carbocycles. The number of carbonyl (C=O) groups excluding carboxylic acids is 1. The molecule has 0 radical (unpaired) electrons. The Labute approximate surface area is 111 Å². The number of anilines is 2. The molecule has 1 aliphatic heterocycles. The minimum absolute atomic E-state index is 0.218. The topological polar surface area (TPSA) is 70.1 Å². The lowest BCUT2D eigenvalue weighted by Crippen LogP contribution is -2.44. The summed E-state index contributed by atoms with van der Waals surface area (Å²) < 4.78 is 4.85. The van der Waals surface area contributed by atoms with Crippen LogP contribution in [0, 0.1) is 0 Å². The molecule has 0 spiro atoms. The second-order valence-corrected chi connectivity index (χ2v) is 4.34. The van der Waals surface area contributed by atoms with Gasteiger partial charge in [0.15, 0.2) is 0 Å². The van der Waals surface area contributed by atoms with E-state index in [1.165, 1.54) is 0 Å². The molecule has 0 aliphatic carbocycles. The molecule has 1 amide bonds. The molecular weight excluding hydrogens is 248 g/mol. The highest BCUT2D eigenvalue weighted by Crippen LogP contribution is 2.31. The van der Waals surface area contributed by atoms with Crippen molar-refractivity contribution in [2.75, 3.05) is 43.2 Å². The van der Waals surface area contributed by atoms with E-state index >= 15 is 0 Å². The number of fused-ring (bicyclic) bond motifs is 1. The number of carbonyl (C=O) groups is 2. The fraction of sp³-hybridized carbons (Fsp3) is 0.385. The van der Waals surface area contributed by atoms with Gasteiger partial charge in [-0.3, -0.25) is 4.79 Å². The summed E-state index contributed by atoms with van der Waals surface area (Å²) in [5.74, 6) is -1.30. The molecule has 0 fully saturated rings. The predicted molar refractivity (Wildman–Crippen MR) is 70.5 cm³/mol. The summed E-state index contributed by atoms with van der Waals surface area (Å²) in [4.78, 5) is 26.1. The lowest BCUT2D eigenvalue weighted by atomic mass is 10.2. The molecule has 0 saturated carbocycles. The average Bonchev–Trinajstić information content (AvgIpc) is 2.39. The van der Waals surface area contributed by atoms with Gasteiger partial charge in [-0.15, -0.1) is 0 Å². The van der Waals surface area contributed by atoms with E-state index in [0.29, 0.717) is 6.54 Å². The number of likely N-dealkylation sites (N-methyl/N-ethyl adjacent to an activating group) is 1. The van der Waals surface area contributed by atoms with Gasteiger partial charge in [0.05, 0.1) is 11.4 Å². The number of hydrogen-bond acceptors (Lipinski definition) is 4. The first-order valence-electron chi connectivity index (χ1n) is 5.99. The van der Waals surface area contributed by atoms with Crippen molar-refractivity contribution in [1.82, 2.24) is 0 Å². The van der Waals surface area contributed by atoms with Crippen LogP contribution in [0.5, 0.6) is 0 Å². The maximum absolute atomic E-state index is 12.0. The van der Waals surface area contributed by atoms with Gasteiger partial charge in [-0.25, -0.2) is 4.79 Å². The van der Waals surface area contributed by atoms with Gasteiger partial charge in [0, 0.05) is 20.1 Å². The van der Waals surface area contributed by atoms with Crippen molar-refractivity contribution in [2.45, 2.75) is 0 Å². The molecule has 0 saturated heterocycles. The van der Waals surface area contributed by atoms with E-state index in [1.807, 2.05) is 31.3 Å². The minimum Gasteiger partial charge on any atom is -0.480 e. The number of hydrogen-bond donors (Lipinski definition) is 1. The first kappa shape index (κ1) is 13.4. The van der Waals surface area contributed by atoms with Crippen LogP contribution in [0.1, 0.15) is 0 Å². The summed E-state index contributed by atoms with van der Waals surface area (Å²) in [6.07, 6.45) is 0. The van der Waals surface area contributed by atoms with Gasteiger partial charge in [0.25, 0.3) is 5.91 Å². The van der Waals surface area contributed by atoms with Crippen molar-refractivity contribution in [3.63, 3.8) is 0 Å². The zero-order valence-electron chi connectivity index (χ0n) is 10.7. The highest BCUT2D eigenvalue weighted by atomic mass is 16.5. The molecule has 0 unspecified atom stereocenters. The van der Waals surface area contributed by atoms with Crippen LogP contribution in [0.3, 0.4) is 0 Å². The second-order valence-electron chi connectivity index (χ2n) is 4.34. The van der Waals surface area contributed by atoms with Gasteiger partial charge in [0.2, 0.25) is 0 Å². The fourth-order valence-corrected chi connectivity index (χ4v) is 2.07. The highest BCUT2D eigenvalue weighted by Gasteiger charge is 2.24. The number of rotatable bonds is 4. The number of carboxylic acid groups (broad SMARTS) is 1. The Morgan fingerprint density at radius 3 is 2.58 bits per heavy atom. The third-order valence-electron chi connectivity index (χ3n) is 2.99. The van der Waals surface area contributed by atoms with Crippen molar-refractivity contribution >= 4 is 23.3 Å². The normalized spacial score (nSPS) is 14.2. The zero-order valence-corrected chi connectivity index (χ0v) is 10.7. The third-order valence-corrected chi connectivity index (χ3v) is 2.99. The molecule has 102 valence electrons. The molecule has 2 rings (SSSR count). The molecule has 6 nitrogen and oxygen atoms in total. The maximum atomic E-state index is 12.0. The van der Waals surface area contributed by atoms with E-state index in [9.17, 15) is 9.59 Å².